The fraction of sp³-hybridized carbons (Fsp3) is 0.464. The molecule has 1 fully saturated rings. The van der Waals surface area contributed by atoms with E-state index in [4.69, 9.17) is 14.7 Å². The Bertz CT molecular complexity index is 1130. The third-order valence-electron chi connectivity index (χ3n) is 7.14. The molecular formula is C28H35N5O2. The molecule has 2 N–H and O–H groups in total. The number of piperidine rings is 1. The molecule has 35 heavy (non-hydrogen) atoms. The molecule has 184 valence electrons. The minimum absolute atomic E-state index is 0.00178. The van der Waals surface area contributed by atoms with Crippen LogP contribution in [0.5, 0.6) is 0 Å². The van der Waals surface area contributed by atoms with Crippen molar-refractivity contribution in [2.24, 2.45) is 0 Å². The minimum atomic E-state index is -0.278. The summed E-state index contributed by atoms with van der Waals surface area (Å²) >= 11 is 0. The second-order valence-electron chi connectivity index (χ2n) is 9.76. The maximum absolute atomic E-state index is 12.1. The van der Waals surface area contributed by atoms with Gasteiger partial charge in [0.2, 0.25) is 0 Å². The Kier molecular flexibility index (Phi) is 7.13. The lowest BCUT2D eigenvalue weighted by molar-refractivity contribution is -0.136. The van der Waals surface area contributed by atoms with Gasteiger partial charge in [0.1, 0.15) is 17.5 Å². The first-order chi connectivity index (χ1) is 17.1. The lowest BCUT2D eigenvalue weighted by atomic mass is 9.92. The van der Waals surface area contributed by atoms with Crippen molar-refractivity contribution in [1.29, 1.82) is 0 Å². The average Bonchev–Trinajstić information content (AvgIpc) is 3.25. The molecule has 1 aromatic heterocycles. The molecule has 1 saturated heterocycles. The SMILES string of the molecule is COC(=O)C1=CC=C2c3c(NCCCN4CCCCC4)nc(Cc4ccc(C)cc4)nc3NC2C1. The third kappa shape index (κ3) is 5.40. The van der Waals surface area contributed by atoms with Gasteiger partial charge in [-0.25, -0.2) is 14.8 Å². The maximum Gasteiger partial charge on any atom is 0.333 e. The summed E-state index contributed by atoms with van der Waals surface area (Å²) in [5.41, 5.74) is 5.27. The van der Waals surface area contributed by atoms with E-state index in [1.807, 2.05) is 12.2 Å². The summed E-state index contributed by atoms with van der Waals surface area (Å²) in [5, 5.41) is 7.17. The molecule has 1 unspecified atom stereocenters. The molecule has 0 saturated carbocycles. The standard InChI is InChI=1S/C28H35N5O2/c1-19-7-9-20(10-8-19)17-24-31-26(29-13-6-16-33-14-4-3-5-15-33)25-22-12-11-21(28(34)35-2)18-23(22)30-27(25)32-24/h7-12,23H,3-6,13-18H2,1-2H3,(H2,29,30,31,32). The van der Waals surface area contributed by atoms with E-state index < -0.39 is 0 Å². The van der Waals surface area contributed by atoms with E-state index in [2.05, 4.69) is 46.7 Å². The number of benzene rings is 1. The van der Waals surface area contributed by atoms with Gasteiger partial charge in [0.25, 0.3) is 0 Å². The number of fused-ring (bicyclic) bond motifs is 3. The van der Waals surface area contributed by atoms with E-state index in [1.54, 1.807) is 0 Å². The molecule has 3 heterocycles. The van der Waals surface area contributed by atoms with Crippen LogP contribution < -0.4 is 10.6 Å². The molecule has 1 atom stereocenters. The monoisotopic (exact) mass is 473 g/mol. The van der Waals surface area contributed by atoms with Gasteiger partial charge in [0, 0.05) is 25.0 Å². The van der Waals surface area contributed by atoms with Gasteiger partial charge in [-0.3, -0.25) is 0 Å². The molecule has 7 nitrogen and oxygen atoms in total. The first-order valence-corrected chi connectivity index (χ1v) is 12.8. The average molecular weight is 474 g/mol. The third-order valence-corrected chi connectivity index (χ3v) is 7.14. The summed E-state index contributed by atoms with van der Waals surface area (Å²) in [4.78, 5) is 24.5. The van der Waals surface area contributed by atoms with Gasteiger partial charge in [-0.05, 0) is 57.0 Å². The van der Waals surface area contributed by atoms with Gasteiger partial charge >= 0.3 is 5.97 Å². The van der Waals surface area contributed by atoms with Crippen molar-refractivity contribution in [3.63, 3.8) is 0 Å². The number of carbonyl (C=O) groups is 1. The number of aromatic nitrogens is 2. The van der Waals surface area contributed by atoms with Crippen LogP contribution in [0.15, 0.2) is 42.0 Å². The number of hydrogen-bond donors (Lipinski definition) is 2. The highest BCUT2D eigenvalue weighted by atomic mass is 16.5. The van der Waals surface area contributed by atoms with E-state index in [-0.39, 0.29) is 12.0 Å². The van der Waals surface area contributed by atoms with Gasteiger partial charge in [-0.1, -0.05) is 48.4 Å². The zero-order chi connectivity index (χ0) is 24.2. The number of hydrogen-bond acceptors (Lipinski definition) is 7. The highest BCUT2D eigenvalue weighted by Crippen LogP contribution is 2.42. The summed E-state index contributed by atoms with van der Waals surface area (Å²) in [5.74, 6) is 2.24. The summed E-state index contributed by atoms with van der Waals surface area (Å²) in [6.45, 7) is 6.52. The van der Waals surface area contributed by atoms with Crippen LogP contribution in [0.2, 0.25) is 0 Å². The van der Waals surface area contributed by atoms with Gasteiger partial charge in [0.15, 0.2) is 0 Å². The Morgan fingerprint density at radius 3 is 2.71 bits per heavy atom. The molecule has 0 amide bonds. The molecule has 0 bridgehead atoms. The number of nitrogens with zero attached hydrogens (tertiary/aromatic N) is 3. The minimum Gasteiger partial charge on any atom is -0.466 e. The Morgan fingerprint density at radius 2 is 1.94 bits per heavy atom. The lowest BCUT2D eigenvalue weighted by Gasteiger charge is -2.26. The number of aryl methyl sites for hydroxylation is 1. The number of nitrogens with one attached hydrogen (secondary N) is 2. The van der Waals surface area contributed by atoms with E-state index in [9.17, 15) is 4.79 Å². The second kappa shape index (κ2) is 10.6. The molecular weight excluding hydrogens is 438 g/mol. The Labute approximate surface area is 207 Å². The Balaban J connectivity index is 1.37. The van der Waals surface area contributed by atoms with Gasteiger partial charge in [0.05, 0.1) is 18.7 Å². The van der Waals surface area contributed by atoms with Crippen LogP contribution in [0, 0.1) is 6.92 Å². The number of methoxy groups -OCH3 is 1. The van der Waals surface area contributed by atoms with Crippen molar-refractivity contribution >= 4 is 23.2 Å². The first kappa shape index (κ1) is 23.5. The number of anilines is 2. The molecule has 2 aliphatic heterocycles. The van der Waals surface area contributed by atoms with Crippen LogP contribution in [0.1, 0.15) is 54.6 Å². The van der Waals surface area contributed by atoms with Gasteiger partial charge in [-0.2, -0.15) is 0 Å². The van der Waals surface area contributed by atoms with Crippen molar-refractivity contribution in [1.82, 2.24) is 14.9 Å². The number of carbonyl (C=O) groups excluding carboxylic acids is 1. The van der Waals surface area contributed by atoms with Crippen molar-refractivity contribution in [2.45, 2.75) is 51.5 Å². The predicted molar refractivity (Wildman–Crippen MR) is 140 cm³/mol. The normalized spacial score (nSPS) is 19.2. The van der Waals surface area contributed by atoms with Crippen molar-refractivity contribution in [3.05, 3.63) is 64.5 Å². The number of likely N-dealkylation sites (tertiary alicyclic amines) is 1. The van der Waals surface area contributed by atoms with Crippen LogP contribution in [0.25, 0.3) is 5.57 Å². The molecule has 0 radical (unpaired) electrons. The molecule has 0 spiro atoms. The lowest BCUT2D eigenvalue weighted by Crippen LogP contribution is -2.31. The van der Waals surface area contributed by atoms with E-state index in [1.165, 1.54) is 50.6 Å². The Hall–Kier alpha value is -3.19. The molecule has 3 aliphatic rings. The molecule has 7 heteroatoms. The number of esters is 1. The highest BCUT2D eigenvalue weighted by molar-refractivity contribution is 5.96. The highest BCUT2D eigenvalue weighted by Gasteiger charge is 2.34. The fourth-order valence-corrected chi connectivity index (χ4v) is 5.21. The van der Waals surface area contributed by atoms with Crippen LogP contribution in [-0.4, -0.2) is 60.2 Å². The van der Waals surface area contributed by atoms with Crippen molar-refractivity contribution in [2.75, 3.05) is 43.9 Å². The van der Waals surface area contributed by atoms with Gasteiger partial charge in [-0.15, -0.1) is 0 Å². The smallest absolute Gasteiger partial charge is 0.333 e. The maximum atomic E-state index is 12.1. The summed E-state index contributed by atoms with van der Waals surface area (Å²) in [6.07, 6.45) is 10.2. The zero-order valence-electron chi connectivity index (χ0n) is 20.8. The summed E-state index contributed by atoms with van der Waals surface area (Å²) < 4.78 is 4.94. The quantitative estimate of drug-likeness (QED) is 0.436. The van der Waals surface area contributed by atoms with Crippen LogP contribution in [-0.2, 0) is 16.0 Å². The van der Waals surface area contributed by atoms with E-state index in [0.29, 0.717) is 18.4 Å². The van der Waals surface area contributed by atoms with Crippen molar-refractivity contribution in [3.8, 4) is 0 Å². The number of rotatable bonds is 8. The largest absolute Gasteiger partial charge is 0.466 e. The van der Waals surface area contributed by atoms with E-state index in [0.717, 1.165) is 48.1 Å². The van der Waals surface area contributed by atoms with Gasteiger partial charge < -0.3 is 20.3 Å². The Morgan fingerprint density at radius 1 is 1.14 bits per heavy atom. The second-order valence-corrected chi connectivity index (χ2v) is 9.76. The molecule has 1 aromatic carbocycles. The topological polar surface area (TPSA) is 79.4 Å². The zero-order valence-corrected chi connectivity index (χ0v) is 20.8. The number of ether oxygens (including phenoxy) is 1. The molecule has 2 aromatic rings. The van der Waals surface area contributed by atoms with Crippen LogP contribution in [0.4, 0.5) is 11.6 Å². The fourth-order valence-electron chi connectivity index (χ4n) is 5.21. The van der Waals surface area contributed by atoms with E-state index >= 15 is 0 Å². The predicted octanol–water partition coefficient (Wildman–Crippen LogP) is 4.34. The van der Waals surface area contributed by atoms with Crippen LogP contribution >= 0.6 is 0 Å². The van der Waals surface area contributed by atoms with Crippen LogP contribution in [0.3, 0.4) is 0 Å². The molecule has 5 rings (SSSR count). The molecule has 1 aliphatic carbocycles. The first-order valence-electron chi connectivity index (χ1n) is 12.8. The van der Waals surface area contributed by atoms with Crippen molar-refractivity contribution < 1.29 is 9.53 Å². The summed E-state index contributed by atoms with van der Waals surface area (Å²) in [7, 11) is 1.42. The summed E-state index contributed by atoms with van der Waals surface area (Å²) in [6, 6.07) is 8.53. The number of allylic oxidation sites excluding steroid dienone is 2.